The molecule has 222 valence electrons. The van der Waals surface area contributed by atoms with Crippen LogP contribution in [0, 0.1) is 17.2 Å². The molecule has 1 aromatic carbocycles. The number of hydrogen-bond acceptors (Lipinski definition) is 8. The van der Waals surface area contributed by atoms with Crippen LogP contribution >= 0.6 is 0 Å². The number of carbonyl (C=O) groups is 1. The highest BCUT2D eigenvalue weighted by molar-refractivity contribution is 5.97. The van der Waals surface area contributed by atoms with Crippen molar-refractivity contribution in [1.82, 2.24) is 29.5 Å². The molecule has 0 bridgehead atoms. The van der Waals surface area contributed by atoms with E-state index in [9.17, 15) is 10.1 Å². The number of halogens is 1. The fourth-order valence-corrected chi connectivity index (χ4v) is 6.29. The summed E-state index contributed by atoms with van der Waals surface area (Å²) < 4.78 is 24.0. The van der Waals surface area contributed by atoms with E-state index in [4.69, 9.17) is 15.6 Å². The average Bonchev–Trinajstić information content (AvgIpc) is 3.64. The van der Waals surface area contributed by atoms with Gasteiger partial charge in [0.1, 0.15) is 35.2 Å². The number of benzene rings is 1. The average molecular weight is 583 g/mol. The molecule has 2 N–H and O–H groups in total. The third-order valence-corrected chi connectivity index (χ3v) is 8.64. The van der Waals surface area contributed by atoms with E-state index in [1.165, 1.54) is 12.4 Å². The summed E-state index contributed by atoms with van der Waals surface area (Å²) in [5, 5.41) is 15.2. The number of allylic oxidation sites excluding steroid dienone is 3. The molecule has 2 saturated heterocycles. The quantitative estimate of drug-likeness (QED) is 0.328. The molecule has 0 saturated carbocycles. The van der Waals surface area contributed by atoms with Crippen molar-refractivity contribution >= 4 is 22.8 Å². The number of aromatic nitrogens is 4. The lowest BCUT2D eigenvalue weighted by Crippen LogP contribution is -2.42. The Kier molecular flexibility index (Phi) is 7.95. The minimum atomic E-state index is -1.62. The number of carbonyl (C=O) groups excluding carboxylic acids is 1. The van der Waals surface area contributed by atoms with Crippen LogP contribution in [0.5, 0.6) is 5.75 Å². The van der Waals surface area contributed by atoms with Gasteiger partial charge in [0, 0.05) is 6.54 Å². The number of hydrogen-bond donors (Lipinski definition) is 1. The number of para-hydroxylation sites is 1. The number of nitrogens with two attached hydrogens (primary N) is 1. The van der Waals surface area contributed by atoms with Crippen molar-refractivity contribution in [3.05, 3.63) is 78.3 Å². The number of fused-ring (bicyclic) bond motifs is 1. The molecule has 1 amide bonds. The third-order valence-electron chi connectivity index (χ3n) is 8.64. The van der Waals surface area contributed by atoms with Crippen molar-refractivity contribution in [2.75, 3.05) is 32.4 Å². The summed E-state index contributed by atoms with van der Waals surface area (Å²) in [4.78, 5) is 26.3. The molecule has 3 unspecified atom stereocenters. The SMILES string of the molecule is CN1CCC(/C=C(\C#N)C(=O)N2CCCC2Cn2nc(C3(Oc4ccccc4)C=CC=CC3F)c3c(N)ncnc32)CC1. The molecule has 2 aliphatic heterocycles. The lowest BCUT2D eigenvalue weighted by atomic mass is 9.88. The molecule has 3 aromatic rings. The van der Waals surface area contributed by atoms with E-state index in [-0.39, 0.29) is 35.0 Å². The van der Waals surface area contributed by atoms with Gasteiger partial charge in [-0.15, -0.1) is 0 Å². The first-order valence-electron chi connectivity index (χ1n) is 14.7. The maximum atomic E-state index is 16.0. The Morgan fingerprint density at radius 1 is 1.19 bits per heavy atom. The predicted molar refractivity (Wildman–Crippen MR) is 160 cm³/mol. The Morgan fingerprint density at radius 2 is 1.98 bits per heavy atom. The summed E-state index contributed by atoms with van der Waals surface area (Å²) in [5.74, 6) is 0.573. The molecule has 10 nitrogen and oxygen atoms in total. The van der Waals surface area contributed by atoms with Gasteiger partial charge in [0.05, 0.1) is 18.0 Å². The number of rotatable bonds is 7. The predicted octanol–water partition coefficient (Wildman–Crippen LogP) is 3.93. The van der Waals surface area contributed by atoms with Crippen molar-refractivity contribution in [2.45, 2.75) is 50.0 Å². The van der Waals surface area contributed by atoms with Crippen molar-refractivity contribution in [3.8, 4) is 11.8 Å². The summed E-state index contributed by atoms with van der Waals surface area (Å²) >= 11 is 0. The second-order valence-corrected chi connectivity index (χ2v) is 11.5. The number of nitrogen functional groups attached to an aromatic ring is 1. The highest BCUT2D eigenvalue weighted by Crippen LogP contribution is 2.41. The molecule has 4 heterocycles. The van der Waals surface area contributed by atoms with Gasteiger partial charge in [0.15, 0.2) is 11.8 Å². The molecule has 1 aliphatic carbocycles. The summed E-state index contributed by atoms with van der Waals surface area (Å²) in [6.07, 6.45) is 11.4. The second-order valence-electron chi connectivity index (χ2n) is 11.5. The highest BCUT2D eigenvalue weighted by Gasteiger charge is 2.46. The van der Waals surface area contributed by atoms with Gasteiger partial charge < -0.3 is 20.3 Å². The molecule has 6 rings (SSSR count). The first-order valence-corrected chi connectivity index (χ1v) is 14.7. The zero-order valence-electron chi connectivity index (χ0n) is 24.1. The van der Waals surface area contributed by atoms with E-state index >= 15 is 4.39 Å². The van der Waals surface area contributed by atoms with Crippen LogP contribution in [0.25, 0.3) is 11.0 Å². The second kappa shape index (κ2) is 12.0. The molecule has 11 heteroatoms. The van der Waals surface area contributed by atoms with E-state index in [2.05, 4.69) is 28.0 Å². The van der Waals surface area contributed by atoms with Gasteiger partial charge in [-0.2, -0.15) is 10.4 Å². The summed E-state index contributed by atoms with van der Waals surface area (Å²) in [6, 6.07) is 10.9. The van der Waals surface area contributed by atoms with E-state index in [1.807, 2.05) is 24.3 Å². The minimum absolute atomic E-state index is 0.157. The van der Waals surface area contributed by atoms with Gasteiger partial charge in [-0.1, -0.05) is 36.4 Å². The van der Waals surface area contributed by atoms with Crippen molar-refractivity contribution in [2.24, 2.45) is 5.92 Å². The van der Waals surface area contributed by atoms with E-state index < -0.39 is 11.8 Å². The van der Waals surface area contributed by atoms with Crippen LogP contribution < -0.4 is 10.5 Å². The van der Waals surface area contributed by atoms with Crippen LogP contribution in [0.15, 0.2) is 72.6 Å². The van der Waals surface area contributed by atoms with E-state index in [0.717, 1.165) is 38.8 Å². The van der Waals surface area contributed by atoms with Crippen LogP contribution in [0.3, 0.4) is 0 Å². The van der Waals surface area contributed by atoms with Gasteiger partial charge >= 0.3 is 0 Å². The summed E-state index contributed by atoms with van der Waals surface area (Å²) in [7, 11) is 2.08. The molecular formula is C32H35FN8O2. The van der Waals surface area contributed by atoms with E-state index in [1.54, 1.807) is 39.9 Å². The van der Waals surface area contributed by atoms with Crippen LogP contribution in [-0.2, 0) is 16.9 Å². The molecule has 3 atom stereocenters. The van der Waals surface area contributed by atoms with Gasteiger partial charge in [0.25, 0.3) is 5.91 Å². The van der Waals surface area contributed by atoms with Crippen LogP contribution in [0.2, 0.25) is 0 Å². The molecule has 2 aromatic heterocycles. The van der Waals surface area contributed by atoms with Gasteiger partial charge in [-0.05, 0) is 76.0 Å². The monoisotopic (exact) mass is 582 g/mol. The first kappa shape index (κ1) is 28.6. The summed E-state index contributed by atoms with van der Waals surface area (Å²) in [6.45, 7) is 2.73. The van der Waals surface area contributed by atoms with Gasteiger partial charge in [-0.3, -0.25) is 4.79 Å². The minimum Gasteiger partial charge on any atom is -0.473 e. The molecule has 2 fully saturated rings. The van der Waals surface area contributed by atoms with E-state index in [0.29, 0.717) is 29.9 Å². The lowest BCUT2D eigenvalue weighted by Gasteiger charge is -2.33. The highest BCUT2D eigenvalue weighted by atomic mass is 19.1. The fraction of sp³-hybridized carbons (Fsp3) is 0.406. The van der Waals surface area contributed by atoms with Gasteiger partial charge in [-0.25, -0.2) is 19.0 Å². The van der Waals surface area contributed by atoms with Crippen molar-refractivity contribution in [3.63, 3.8) is 0 Å². The number of nitrogens with zero attached hydrogens (tertiary/aromatic N) is 7. The Bertz CT molecular complexity index is 1620. The van der Waals surface area contributed by atoms with Crippen molar-refractivity contribution < 1.29 is 13.9 Å². The topological polar surface area (TPSA) is 126 Å². The number of likely N-dealkylation sites (tertiary alicyclic amines) is 2. The Labute approximate surface area is 249 Å². The zero-order valence-corrected chi connectivity index (χ0v) is 24.1. The van der Waals surface area contributed by atoms with Crippen LogP contribution in [-0.4, -0.2) is 74.4 Å². The first-order chi connectivity index (χ1) is 20.9. The largest absolute Gasteiger partial charge is 0.473 e. The normalized spacial score (nSPS) is 24.9. The number of nitriles is 1. The maximum absolute atomic E-state index is 16.0. The number of piperidine rings is 1. The lowest BCUT2D eigenvalue weighted by molar-refractivity contribution is -0.127. The molecule has 43 heavy (non-hydrogen) atoms. The van der Waals surface area contributed by atoms with Crippen molar-refractivity contribution in [1.29, 1.82) is 5.26 Å². The fourth-order valence-electron chi connectivity index (χ4n) is 6.29. The van der Waals surface area contributed by atoms with Crippen LogP contribution in [0.1, 0.15) is 31.4 Å². The van der Waals surface area contributed by atoms with Gasteiger partial charge in [0.2, 0.25) is 5.60 Å². The smallest absolute Gasteiger partial charge is 0.264 e. The standard InChI is InChI=1S/C32H35FN8O2/c1-39-16-12-22(13-17-39)18-23(19-34)31(42)40-15-7-8-24(40)20-41-30-27(29(35)36-21-37-30)28(38-41)32(14-6-5-11-26(32)33)43-25-9-3-2-4-10-25/h2-6,9-11,14,18,21-22,24,26H,7-8,12-13,15-17,20H2,1H3,(H2,35,36,37)/b23-18+. The Balaban J connectivity index is 1.34. The van der Waals surface area contributed by atoms with Crippen LogP contribution in [0.4, 0.5) is 10.2 Å². The number of alkyl halides is 1. The number of anilines is 1. The Hall–Kier alpha value is -4.56. The zero-order chi connectivity index (χ0) is 30.0. The molecule has 0 radical (unpaired) electrons. The third kappa shape index (κ3) is 5.50. The number of amides is 1. The summed E-state index contributed by atoms with van der Waals surface area (Å²) in [5.41, 5.74) is 5.63. The maximum Gasteiger partial charge on any atom is 0.264 e. The Morgan fingerprint density at radius 3 is 2.72 bits per heavy atom. The molecular weight excluding hydrogens is 547 g/mol. The number of ether oxygens (including phenoxy) is 1. The molecule has 0 spiro atoms. The molecule has 3 aliphatic rings.